The molecule has 0 aliphatic carbocycles. The van der Waals surface area contributed by atoms with Crippen LogP contribution in [-0.4, -0.2) is 80.5 Å². The number of morpholine rings is 1. The lowest BCUT2D eigenvalue weighted by Gasteiger charge is -2.45. The first-order valence-corrected chi connectivity index (χ1v) is 10.1. The number of methoxy groups -OCH3 is 2. The normalized spacial score (nSPS) is 24.1. The molecular weight excluding hydrogens is 360 g/mol. The number of likely N-dealkylation sites (tertiary alicyclic amines) is 1. The molecule has 2 heterocycles. The molecule has 1 aromatic rings. The lowest BCUT2D eigenvalue weighted by atomic mass is 9.86. The zero-order valence-electron chi connectivity index (χ0n) is 16.9. The average molecular weight is 392 g/mol. The molecule has 2 fully saturated rings. The van der Waals surface area contributed by atoms with Gasteiger partial charge in [0.05, 0.1) is 27.4 Å². The van der Waals surface area contributed by atoms with Crippen LogP contribution in [0.5, 0.6) is 11.5 Å². The quantitative estimate of drug-likeness (QED) is 0.711. The molecule has 0 spiro atoms. The number of ether oxygens (including phenoxy) is 3. The number of aromatic hydroxyl groups is 1. The summed E-state index contributed by atoms with van der Waals surface area (Å²) in [6, 6.07) is 5.93. The topological polar surface area (TPSA) is 71.5 Å². The van der Waals surface area contributed by atoms with E-state index in [1.165, 1.54) is 7.11 Å². The van der Waals surface area contributed by atoms with Gasteiger partial charge in [0.1, 0.15) is 11.5 Å². The molecule has 0 radical (unpaired) electrons. The van der Waals surface area contributed by atoms with Crippen molar-refractivity contribution in [3.05, 3.63) is 23.8 Å². The Morgan fingerprint density at radius 2 is 2.04 bits per heavy atom. The van der Waals surface area contributed by atoms with Crippen LogP contribution in [0.2, 0.25) is 0 Å². The van der Waals surface area contributed by atoms with E-state index in [0.29, 0.717) is 30.7 Å². The maximum atomic E-state index is 11.7. The summed E-state index contributed by atoms with van der Waals surface area (Å²) in [6.07, 6.45) is 2.33. The number of benzene rings is 1. The first-order chi connectivity index (χ1) is 13.6. The van der Waals surface area contributed by atoms with Gasteiger partial charge in [0.25, 0.3) is 0 Å². The van der Waals surface area contributed by atoms with Crippen molar-refractivity contribution in [2.24, 2.45) is 5.92 Å². The van der Waals surface area contributed by atoms with Gasteiger partial charge in [0.15, 0.2) is 0 Å². The molecule has 0 bridgehead atoms. The zero-order valence-corrected chi connectivity index (χ0v) is 16.9. The molecule has 0 saturated carbocycles. The van der Waals surface area contributed by atoms with E-state index in [-0.39, 0.29) is 11.7 Å². The van der Waals surface area contributed by atoms with Crippen molar-refractivity contribution in [2.75, 3.05) is 53.6 Å². The fourth-order valence-corrected chi connectivity index (χ4v) is 4.36. The second-order valence-electron chi connectivity index (χ2n) is 7.61. The summed E-state index contributed by atoms with van der Waals surface area (Å²) in [5, 5.41) is 10.3. The van der Waals surface area contributed by atoms with E-state index in [4.69, 9.17) is 14.2 Å². The number of esters is 1. The van der Waals surface area contributed by atoms with Crippen molar-refractivity contribution in [1.29, 1.82) is 0 Å². The minimum atomic E-state index is -0.148. The molecular formula is C21H32N2O5. The van der Waals surface area contributed by atoms with Crippen LogP contribution in [0.25, 0.3) is 0 Å². The van der Waals surface area contributed by atoms with Crippen molar-refractivity contribution >= 4 is 5.97 Å². The van der Waals surface area contributed by atoms with Gasteiger partial charge in [-0.25, -0.2) is 0 Å². The molecule has 2 aliphatic rings. The van der Waals surface area contributed by atoms with Gasteiger partial charge in [-0.15, -0.1) is 0 Å². The Kier molecular flexibility index (Phi) is 7.53. The number of phenolic OH excluding ortho intramolecular Hbond substituents is 1. The largest absolute Gasteiger partial charge is 0.507 e. The van der Waals surface area contributed by atoms with Crippen LogP contribution in [-0.2, 0) is 20.8 Å². The van der Waals surface area contributed by atoms with E-state index < -0.39 is 0 Å². The third-order valence-corrected chi connectivity index (χ3v) is 5.93. The molecule has 2 aliphatic heterocycles. The maximum absolute atomic E-state index is 11.7. The Morgan fingerprint density at radius 3 is 2.71 bits per heavy atom. The number of piperidine rings is 1. The monoisotopic (exact) mass is 392 g/mol. The smallest absolute Gasteiger partial charge is 0.305 e. The fraction of sp³-hybridized carbons (Fsp3) is 0.667. The number of rotatable bonds is 7. The second kappa shape index (κ2) is 10.1. The predicted molar refractivity (Wildman–Crippen MR) is 105 cm³/mol. The Balaban J connectivity index is 1.65. The molecule has 0 unspecified atom stereocenters. The molecule has 2 atom stereocenters. The van der Waals surface area contributed by atoms with E-state index in [0.717, 1.165) is 57.8 Å². The van der Waals surface area contributed by atoms with Gasteiger partial charge in [0, 0.05) is 50.3 Å². The first kappa shape index (κ1) is 20.9. The van der Waals surface area contributed by atoms with Gasteiger partial charge in [-0.1, -0.05) is 6.07 Å². The highest BCUT2D eigenvalue weighted by Gasteiger charge is 2.34. The molecule has 0 amide bonds. The Morgan fingerprint density at radius 1 is 1.25 bits per heavy atom. The summed E-state index contributed by atoms with van der Waals surface area (Å²) in [5.74, 6) is 1.17. The fourth-order valence-electron chi connectivity index (χ4n) is 4.36. The SMILES string of the molecule is COC(=O)CC[C@H]1CN(Cc2ccc(OC)cc2O)CC[C@H]1N1CCOCC1. The molecule has 156 valence electrons. The van der Waals surface area contributed by atoms with Gasteiger partial charge < -0.3 is 19.3 Å². The summed E-state index contributed by atoms with van der Waals surface area (Å²) in [7, 11) is 3.04. The van der Waals surface area contributed by atoms with E-state index in [2.05, 4.69) is 9.80 Å². The number of phenols is 1. The van der Waals surface area contributed by atoms with Crippen molar-refractivity contribution in [2.45, 2.75) is 31.8 Å². The molecule has 3 rings (SSSR count). The number of hydrogen-bond donors (Lipinski definition) is 1. The van der Waals surface area contributed by atoms with Crippen molar-refractivity contribution < 1.29 is 24.1 Å². The van der Waals surface area contributed by atoms with Crippen LogP contribution in [0, 0.1) is 5.92 Å². The summed E-state index contributed by atoms with van der Waals surface area (Å²) in [6.45, 7) is 6.05. The number of nitrogens with zero attached hydrogens (tertiary/aromatic N) is 2. The number of hydrogen-bond acceptors (Lipinski definition) is 7. The van der Waals surface area contributed by atoms with E-state index in [9.17, 15) is 9.90 Å². The van der Waals surface area contributed by atoms with Gasteiger partial charge in [0.2, 0.25) is 0 Å². The van der Waals surface area contributed by atoms with E-state index >= 15 is 0 Å². The maximum Gasteiger partial charge on any atom is 0.305 e. The third kappa shape index (κ3) is 5.37. The molecule has 7 heteroatoms. The summed E-state index contributed by atoms with van der Waals surface area (Å²) in [4.78, 5) is 16.6. The van der Waals surface area contributed by atoms with Crippen LogP contribution in [0.4, 0.5) is 0 Å². The molecule has 2 saturated heterocycles. The van der Waals surface area contributed by atoms with Gasteiger partial charge >= 0.3 is 5.97 Å². The average Bonchev–Trinajstić information content (AvgIpc) is 2.74. The highest BCUT2D eigenvalue weighted by atomic mass is 16.5. The summed E-state index contributed by atoms with van der Waals surface area (Å²) in [5.41, 5.74) is 0.900. The summed E-state index contributed by atoms with van der Waals surface area (Å²) < 4.78 is 15.5. The third-order valence-electron chi connectivity index (χ3n) is 5.93. The summed E-state index contributed by atoms with van der Waals surface area (Å²) >= 11 is 0. The predicted octanol–water partition coefficient (Wildman–Crippen LogP) is 1.88. The minimum absolute atomic E-state index is 0.148. The van der Waals surface area contributed by atoms with Gasteiger partial charge in [-0.3, -0.25) is 14.6 Å². The van der Waals surface area contributed by atoms with Crippen LogP contribution >= 0.6 is 0 Å². The molecule has 28 heavy (non-hydrogen) atoms. The van der Waals surface area contributed by atoms with E-state index in [1.54, 1.807) is 13.2 Å². The van der Waals surface area contributed by atoms with Crippen LogP contribution in [0.3, 0.4) is 0 Å². The highest BCUT2D eigenvalue weighted by Crippen LogP contribution is 2.30. The Hall–Kier alpha value is -1.83. The molecule has 7 nitrogen and oxygen atoms in total. The molecule has 1 aromatic carbocycles. The second-order valence-corrected chi connectivity index (χ2v) is 7.61. The van der Waals surface area contributed by atoms with Crippen molar-refractivity contribution in [3.63, 3.8) is 0 Å². The first-order valence-electron chi connectivity index (χ1n) is 10.1. The Labute approximate surface area is 167 Å². The lowest BCUT2D eigenvalue weighted by Crippen LogP contribution is -2.53. The van der Waals surface area contributed by atoms with Crippen LogP contribution in [0.1, 0.15) is 24.8 Å². The molecule has 1 N–H and O–H groups in total. The Bertz CT molecular complexity index is 648. The minimum Gasteiger partial charge on any atom is -0.507 e. The number of carbonyl (C=O) groups excluding carboxylic acids is 1. The highest BCUT2D eigenvalue weighted by molar-refractivity contribution is 5.69. The number of carbonyl (C=O) groups is 1. The standard InChI is InChI=1S/C21H32N2O5/c1-26-18-5-3-17(20(24)13-18)15-22-8-7-19(23-9-11-28-12-10-23)16(14-22)4-6-21(25)27-2/h3,5,13,16,19,24H,4,6-12,14-15H2,1-2H3/t16-,19+/m0/s1. The van der Waals surface area contributed by atoms with Crippen molar-refractivity contribution in [1.82, 2.24) is 9.80 Å². The van der Waals surface area contributed by atoms with Crippen LogP contribution < -0.4 is 4.74 Å². The van der Waals surface area contributed by atoms with Gasteiger partial charge in [-0.05, 0) is 31.4 Å². The zero-order chi connectivity index (χ0) is 19.9. The van der Waals surface area contributed by atoms with E-state index in [1.807, 2.05) is 12.1 Å². The molecule has 0 aromatic heterocycles. The van der Waals surface area contributed by atoms with Crippen LogP contribution in [0.15, 0.2) is 18.2 Å². The van der Waals surface area contributed by atoms with Gasteiger partial charge in [-0.2, -0.15) is 0 Å². The van der Waals surface area contributed by atoms with Crippen molar-refractivity contribution in [3.8, 4) is 11.5 Å². The lowest BCUT2D eigenvalue weighted by molar-refractivity contribution is -0.141.